The first-order valence-electron chi connectivity index (χ1n) is 13.0. The number of halogens is 2. The Kier molecular flexibility index (Phi) is 5.92. The van der Waals surface area contributed by atoms with Crippen LogP contribution in [-0.2, 0) is 22.8 Å². The third-order valence-corrected chi connectivity index (χ3v) is 9.70. The number of phosphoric ester groups is 1. The van der Waals surface area contributed by atoms with Gasteiger partial charge in [-0.2, -0.15) is 0 Å². The average Bonchev–Trinajstić information content (AvgIpc) is 3.50. The van der Waals surface area contributed by atoms with Crippen molar-refractivity contribution in [2.45, 2.75) is 31.1 Å². The molecule has 0 bridgehead atoms. The van der Waals surface area contributed by atoms with E-state index in [1.54, 1.807) is 38.5 Å². The largest absolute Gasteiger partial charge is 0.584 e. The second-order valence-corrected chi connectivity index (χ2v) is 12.6. The molecule has 7 rings (SSSR count). The molecule has 9 heteroatoms. The highest BCUT2D eigenvalue weighted by atomic mass is 35.5. The Hall–Kier alpha value is -3.15. The zero-order valence-electron chi connectivity index (χ0n) is 21.8. The minimum Gasteiger partial charge on any atom is -0.496 e. The Labute approximate surface area is 242 Å². The van der Waals surface area contributed by atoms with Gasteiger partial charge < -0.3 is 18.5 Å². The van der Waals surface area contributed by atoms with Gasteiger partial charge in [-0.15, -0.1) is 0 Å². The molecule has 0 amide bonds. The van der Waals surface area contributed by atoms with Gasteiger partial charge in [-0.25, -0.2) is 4.57 Å². The molecule has 1 N–H and O–H groups in total. The fraction of sp³-hybridized carbons (Fsp3) is 0.226. The number of methoxy groups -OCH3 is 2. The van der Waals surface area contributed by atoms with Gasteiger partial charge in [0.1, 0.15) is 23.0 Å². The van der Waals surface area contributed by atoms with E-state index in [1.165, 1.54) is 0 Å². The highest BCUT2D eigenvalue weighted by Crippen LogP contribution is 2.65. The highest BCUT2D eigenvalue weighted by molar-refractivity contribution is 7.48. The van der Waals surface area contributed by atoms with Crippen LogP contribution in [0.5, 0.6) is 23.0 Å². The quantitative estimate of drug-likeness (QED) is 0.239. The van der Waals surface area contributed by atoms with Gasteiger partial charge in [0.25, 0.3) is 0 Å². The Morgan fingerprint density at radius 2 is 1.15 bits per heavy atom. The molecule has 204 valence electrons. The minimum absolute atomic E-state index is 0.356. The number of rotatable bonds is 4. The van der Waals surface area contributed by atoms with Crippen LogP contribution >= 0.6 is 31.0 Å². The fourth-order valence-corrected chi connectivity index (χ4v) is 8.00. The molecule has 0 aromatic heterocycles. The van der Waals surface area contributed by atoms with Crippen LogP contribution in [-0.4, -0.2) is 19.1 Å². The summed E-state index contributed by atoms with van der Waals surface area (Å²) in [4.78, 5) is 11.3. The second-order valence-electron chi connectivity index (χ2n) is 10.4. The van der Waals surface area contributed by atoms with Gasteiger partial charge >= 0.3 is 7.82 Å². The van der Waals surface area contributed by atoms with Crippen molar-refractivity contribution >= 4 is 31.0 Å². The molecule has 0 saturated heterocycles. The number of phosphoric acid groups is 1. The Balaban J connectivity index is 1.54. The maximum absolute atomic E-state index is 13.8. The molecule has 2 aliphatic carbocycles. The predicted molar refractivity (Wildman–Crippen MR) is 155 cm³/mol. The normalized spacial score (nSPS) is 17.1. The van der Waals surface area contributed by atoms with Gasteiger partial charge in [0.05, 0.1) is 14.2 Å². The molecule has 1 spiro atoms. The lowest BCUT2D eigenvalue weighted by Crippen LogP contribution is -2.25. The molecule has 0 radical (unpaired) electrons. The van der Waals surface area contributed by atoms with Crippen molar-refractivity contribution in [2.24, 2.45) is 0 Å². The molecule has 0 saturated carbocycles. The first-order chi connectivity index (χ1) is 19.2. The molecule has 3 aliphatic rings. The van der Waals surface area contributed by atoms with Crippen LogP contribution in [0.3, 0.4) is 0 Å². The molecule has 1 heterocycles. The molecular weight excluding hydrogens is 570 g/mol. The van der Waals surface area contributed by atoms with Gasteiger partial charge in [0.15, 0.2) is 0 Å². The third-order valence-electron chi connectivity index (χ3n) is 8.41. The van der Waals surface area contributed by atoms with E-state index in [4.69, 9.17) is 41.7 Å². The smallest absolute Gasteiger partial charge is 0.496 e. The van der Waals surface area contributed by atoms with E-state index in [-0.39, 0.29) is 0 Å². The molecule has 0 fully saturated rings. The summed E-state index contributed by atoms with van der Waals surface area (Å²) in [5, 5.41) is 1.05. The van der Waals surface area contributed by atoms with Crippen LogP contribution in [0.4, 0.5) is 0 Å². The number of aryl methyl sites for hydroxylation is 2. The van der Waals surface area contributed by atoms with Crippen LogP contribution in [0.2, 0.25) is 10.0 Å². The Morgan fingerprint density at radius 1 is 0.725 bits per heavy atom. The third kappa shape index (κ3) is 3.77. The molecule has 4 aromatic rings. The summed E-state index contributed by atoms with van der Waals surface area (Å²) in [7, 11) is -1.52. The zero-order chi connectivity index (χ0) is 27.8. The van der Waals surface area contributed by atoms with E-state index in [2.05, 4.69) is 12.1 Å². The van der Waals surface area contributed by atoms with E-state index in [9.17, 15) is 9.46 Å². The predicted octanol–water partition coefficient (Wildman–Crippen LogP) is 8.39. The maximum atomic E-state index is 13.8. The first-order valence-corrected chi connectivity index (χ1v) is 15.2. The van der Waals surface area contributed by atoms with Crippen LogP contribution in [0.15, 0.2) is 60.7 Å². The molecule has 0 atom stereocenters. The maximum Gasteiger partial charge on any atom is 0.584 e. The summed E-state index contributed by atoms with van der Waals surface area (Å²) in [5.41, 5.74) is 6.37. The number of hydrogen-bond acceptors (Lipinski definition) is 5. The van der Waals surface area contributed by atoms with Gasteiger partial charge in [-0.3, -0.25) is 4.89 Å². The Bertz CT molecular complexity index is 1640. The van der Waals surface area contributed by atoms with Crippen LogP contribution < -0.4 is 18.5 Å². The van der Waals surface area contributed by atoms with Gasteiger partial charge in [0, 0.05) is 48.8 Å². The van der Waals surface area contributed by atoms with Gasteiger partial charge in [-0.05, 0) is 73.2 Å². The summed E-state index contributed by atoms with van der Waals surface area (Å²) >= 11 is 12.5. The molecule has 4 aromatic carbocycles. The van der Waals surface area contributed by atoms with Crippen LogP contribution in [0.25, 0.3) is 22.3 Å². The fourth-order valence-electron chi connectivity index (χ4n) is 6.80. The zero-order valence-corrected chi connectivity index (χ0v) is 24.2. The first kappa shape index (κ1) is 25.8. The van der Waals surface area contributed by atoms with Crippen molar-refractivity contribution in [3.63, 3.8) is 0 Å². The van der Waals surface area contributed by atoms with Gasteiger partial charge in [-0.1, -0.05) is 47.5 Å². The summed E-state index contributed by atoms with van der Waals surface area (Å²) in [6.45, 7) is 0. The summed E-state index contributed by atoms with van der Waals surface area (Å²) in [5.74, 6) is 1.79. The van der Waals surface area contributed by atoms with Crippen molar-refractivity contribution in [2.75, 3.05) is 14.2 Å². The van der Waals surface area contributed by atoms with Crippen LogP contribution in [0.1, 0.15) is 35.1 Å². The van der Waals surface area contributed by atoms with E-state index in [1.807, 2.05) is 24.3 Å². The van der Waals surface area contributed by atoms with Crippen molar-refractivity contribution in [3.05, 3.63) is 93.0 Å². The van der Waals surface area contributed by atoms with E-state index in [0.717, 1.165) is 47.9 Å². The molecule has 1 aliphatic heterocycles. The summed E-state index contributed by atoms with van der Waals surface area (Å²) < 4.78 is 37.2. The minimum atomic E-state index is -4.66. The highest BCUT2D eigenvalue weighted by Gasteiger charge is 2.52. The number of benzene rings is 4. The molecule has 0 unspecified atom stereocenters. The lowest BCUT2D eigenvalue weighted by Gasteiger charge is -2.34. The topological polar surface area (TPSA) is 74.2 Å². The number of hydrogen-bond donors (Lipinski definition) is 1. The standard InChI is InChI=1S/C31H25Cl2O6P/c1-36-25-15-19(32)5-9-21(25)23-7-3-17-11-13-31-14-12-18-4-8-24(22-10-6-20(33)16-26(22)37-2)30(28(18)31)39-40(34,35)38-29(23)27(17)31/h3-10,15-16H,11-14H2,1-2H3,(H,34,35). The molecular formula is C31H25Cl2O6P. The monoisotopic (exact) mass is 594 g/mol. The average molecular weight is 595 g/mol. The van der Waals surface area contributed by atoms with Crippen molar-refractivity contribution in [1.29, 1.82) is 0 Å². The van der Waals surface area contributed by atoms with Crippen molar-refractivity contribution < 1.29 is 28.0 Å². The van der Waals surface area contributed by atoms with Crippen LogP contribution in [0, 0.1) is 0 Å². The molecule has 6 nitrogen and oxygen atoms in total. The molecule has 40 heavy (non-hydrogen) atoms. The van der Waals surface area contributed by atoms with Crippen molar-refractivity contribution in [1.82, 2.24) is 0 Å². The van der Waals surface area contributed by atoms with E-state index in [0.29, 0.717) is 55.3 Å². The van der Waals surface area contributed by atoms with E-state index >= 15 is 0 Å². The number of ether oxygens (including phenoxy) is 2. The lowest BCUT2D eigenvalue weighted by molar-refractivity contribution is 0.281. The summed E-state index contributed by atoms with van der Waals surface area (Å²) in [6, 6.07) is 18.7. The van der Waals surface area contributed by atoms with E-state index < -0.39 is 13.2 Å². The summed E-state index contributed by atoms with van der Waals surface area (Å²) in [6.07, 6.45) is 3.29. The SMILES string of the molecule is COc1cc(Cl)ccc1-c1ccc2c3c1OP(=O)(O)Oc1c(-c4ccc(Cl)cc4OC)ccc4c1C3(CC2)CC4. The van der Waals surface area contributed by atoms with Gasteiger partial charge in [0.2, 0.25) is 0 Å². The second kappa shape index (κ2) is 9.19. The lowest BCUT2D eigenvalue weighted by atomic mass is 9.74. The Morgan fingerprint density at radius 3 is 1.57 bits per heavy atom. The van der Waals surface area contributed by atoms with Crippen molar-refractivity contribution in [3.8, 4) is 45.3 Å².